The lowest BCUT2D eigenvalue weighted by Gasteiger charge is -2.36. The Bertz CT molecular complexity index is 816. The van der Waals surface area contributed by atoms with E-state index in [0.717, 1.165) is 5.69 Å². The van der Waals surface area contributed by atoms with Crippen molar-refractivity contribution in [1.82, 2.24) is 20.0 Å². The number of piperazine rings is 1. The lowest BCUT2D eigenvalue weighted by Crippen LogP contribution is -2.54. The maximum atomic E-state index is 12.4. The molecule has 2 heterocycles. The SMILES string of the molecule is C[C@@H](NC(=O)N1CCN(c2cccc(Cl)c2)CC1)C(=O)Nc1cnn(C)c1. The predicted octanol–water partition coefficient (Wildman–Crippen LogP) is 1.93. The van der Waals surface area contributed by atoms with Crippen molar-refractivity contribution in [3.8, 4) is 0 Å². The number of amides is 3. The number of carbonyl (C=O) groups is 2. The molecule has 8 nitrogen and oxygen atoms in total. The van der Waals surface area contributed by atoms with Gasteiger partial charge in [0.25, 0.3) is 0 Å². The monoisotopic (exact) mass is 390 g/mol. The summed E-state index contributed by atoms with van der Waals surface area (Å²) in [7, 11) is 1.77. The highest BCUT2D eigenvalue weighted by molar-refractivity contribution is 6.30. The molecule has 1 aliphatic heterocycles. The number of aryl methyl sites for hydroxylation is 1. The summed E-state index contributed by atoms with van der Waals surface area (Å²) in [6.07, 6.45) is 3.25. The van der Waals surface area contributed by atoms with Gasteiger partial charge in [0.2, 0.25) is 5.91 Å². The molecule has 3 amide bonds. The molecule has 2 N–H and O–H groups in total. The second kappa shape index (κ2) is 8.30. The molecule has 0 bridgehead atoms. The second-order valence-corrected chi connectivity index (χ2v) is 6.95. The van der Waals surface area contributed by atoms with Crippen molar-refractivity contribution in [3.63, 3.8) is 0 Å². The standard InChI is InChI=1S/C18H23ClN6O2/c1-13(17(26)22-15-11-20-23(2)12-15)21-18(27)25-8-6-24(7-9-25)16-5-3-4-14(19)10-16/h3-5,10-13H,6-9H2,1-2H3,(H,21,27)(H,22,26)/t13-/m1/s1. The third kappa shape index (κ3) is 4.91. The quantitative estimate of drug-likeness (QED) is 0.835. The number of nitrogens with zero attached hydrogens (tertiary/aromatic N) is 4. The van der Waals surface area contributed by atoms with E-state index in [1.807, 2.05) is 24.3 Å². The Morgan fingerprint density at radius 2 is 1.96 bits per heavy atom. The highest BCUT2D eigenvalue weighted by Gasteiger charge is 2.24. The Kier molecular flexibility index (Phi) is 5.85. The lowest BCUT2D eigenvalue weighted by molar-refractivity contribution is -0.117. The second-order valence-electron chi connectivity index (χ2n) is 6.52. The molecule has 0 saturated carbocycles. The average Bonchev–Trinajstić information content (AvgIpc) is 3.06. The lowest BCUT2D eigenvalue weighted by atomic mass is 10.2. The summed E-state index contributed by atoms with van der Waals surface area (Å²) in [6, 6.07) is 6.79. The van der Waals surface area contributed by atoms with Gasteiger partial charge in [0, 0.05) is 50.1 Å². The molecule has 0 unspecified atom stereocenters. The van der Waals surface area contributed by atoms with Crippen LogP contribution in [0, 0.1) is 0 Å². The summed E-state index contributed by atoms with van der Waals surface area (Å²) in [4.78, 5) is 28.6. The molecule has 1 atom stereocenters. The van der Waals surface area contributed by atoms with Gasteiger partial charge in [-0.1, -0.05) is 17.7 Å². The van der Waals surface area contributed by atoms with Crippen LogP contribution < -0.4 is 15.5 Å². The zero-order chi connectivity index (χ0) is 19.4. The molecule has 0 aliphatic carbocycles. The predicted molar refractivity (Wildman–Crippen MR) is 105 cm³/mol. The fourth-order valence-corrected chi connectivity index (χ4v) is 3.10. The first-order valence-electron chi connectivity index (χ1n) is 8.78. The number of aromatic nitrogens is 2. The van der Waals surface area contributed by atoms with E-state index < -0.39 is 6.04 Å². The van der Waals surface area contributed by atoms with Crippen molar-refractivity contribution >= 4 is 34.9 Å². The fourth-order valence-electron chi connectivity index (χ4n) is 2.92. The van der Waals surface area contributed by atoms with Crippen LogP contribution >= 0.6 is 11.6 Å². The number of hydrogen-bond donors (Lipinski definition) is 2. The van der Waals surface area contributed by atoms with Crippen LogP contribution in [0.2, 0.25) is 5.02 Å². The van der Waals surface area contributed by atoms with E-state index >= 15 is 0 Å². The average molecular weight is 391 g/mol. The van der Waals surface area contributed by atoms with Gasteiger partial charge in [-0.15, -0.1) is 0 Å². The van der Waals surface area contributed by atoms with Crippen molar-refractivity contribution in [2.75, 3.05) is 36.4 Å². The van der Waals surface area contributed by atoms with E-state index in [0.29, 0.717) is 36.9 Å². The molecule has 27 heavy (non-hydrogen) atoms. The number of urea groups is 1. The van der Waals surface area contributed by atoms with Crippen LogP contribution in [0.25, 0.3) is 0 Å². The van der Waals surface area contributed by atoms with Gasteiger partial charge in [-0.3, -0.25) is 9.48 Å². The molecular weight excluding hydrogens is 368 g/mol. The Morgan fingerprint density at radius 1 is 1.22 bits per heavy atom. The maximum Gasteiger partial charge on any atom is 0.318 e. The molecule has 3 rings (SSSR count). The Balaban J connectivity index is 1.48. The minimum Gasteiger partial charge on any atom is -0.368 e. The minimum atomic E-state index is -0.649. The molecule has 1 aromatic carbocycles. The molecule has 1 aromatic heterocycles. The highest BCUT2D eigenvalue weighted by Crippen LogP contribution is 2.20. The van der Waals surface area contributed by atoms with Crippen LogP contribution in [0.15, 0.2) is 36.7 Å². The molecule has 1 saturated heterocycles. The molecule has 9 heteroatoms. The van der Waals surface area contributed by atoms with Crippen LogP contribution in [0.3, 0.4) is 0 Å². The van der Waals surface area contributed by atoms with Gasteiger partial charge in [-0.05, 0) is 25.1 Å². The number of anilines is 2. The molecule has 0 spiro atoms. The highest BCUT2D eigenvalue weighted by atomic mass is 35.5. The first-order valence-corrected chi connectivity index (χ1v) is 9.15. The molecule has 0 radical (unpaired) electrons. The molecule has 1 aliphatic rings. The van der Waals surface area contributed by atoms with E-state index in [2.05, 4.69) is 20.6 Å². The molecule has 1 fully saturated rings. The zero-order valence-corrected chi connectivity index (χ0v) is 16.1. The van der Waals surface area contributed by atoms with E-state index in [1.54, 1.807) is 35.9 Å². The third-order valence-corrected chi connectivity index (χ3v) is 4.68. The maximum absolute atomic E-state index is 12.4. The number of carbonyl (C=O) groups excluding carboxylic acids is 2. The zero-order valence-electron chi connectivity index (χ0n) is 15.4. The Morgan fingerprint density at radius 3 is 2.59 bits per heavy atom. The first kappa shape index (κ1) is 19.0. The topological polar surface area (TPSA) is 82.5 Å². The van der Waals surface area contributed by atoms with Gasteiger partial charge in [-0.25, -0.2) is 4.79 Å². The number of nitrogens with one attached hydrogen (secondary N) is 2. The van der Waals surface area contributed by atoms with Gasteiger partial charge in [0.15, 0.2) is 0 Å². The summed E-state index contributed by atoms with van der Waals surface area (Å²) >= 11 is 6.05. The van der Waals surface area contributed by atoms with Crippen molar-refractivity contribution in [2.24, 2.45) is 7.05 Å². The smallest absolute Gasteiger partial charge is 0.318 e. The minimum absolute atomic E-state index is 0.241. The van der Waals surface area contributed by atoms with Gasteiger partial charge in [-0.2, -0.15) is 5.10 Å². The summed E-state index contributed by atoms with van der Waals surface area (Å²) in [5.74, 6) is -0.283. The third-order valence-electron chi connectivity index (χ3n) is 4.45. The van der Waals surface area contributed by atoms with E-state index in [-0.39, 0.29) is 11.9 Å². The van der Waals surface area contributed by atoms with E-state index in [9.17, 15) is 9.59 Å². The van der Waals surface area contributed by atoms with Crippen molar-refractivity contribution < 1.29 is 9.59 Å². The fraction of sp³-hybridized carbons (Fsp3) is 0.389. The molecule has 2 aromatic rings. The summed E-state index contributed by atoms with van der Waals surface area (Å²) in [5, 5.41) is 10.2. The first-order chi connectivity index (χ1) is 12.9. The normalized spacial score (nSPS) is 15.4. The Labute approximate surface area is 163 Å². The van der Waals surface area contributed by atoms with Crippen LogP contribution in [-0.4, -0.2) is 58.8 Å². The van der Waals surface area contributed by atoms with Crippen molar-refractivity contribution in [3.05, 3.63) is 41.7 Å². The van der Waals surface area contributed by atoms with Gasteiger partial charge >= 0.3 is 6.03 Å². The van der Waals surface area contributed by atoms with Gasteiger partial charge in [0.1, 0.15) is 6.04 Å². The summed E-state index contributed by atoms with van der Waals surface area (Å²) < 4.78 is 1.60. The van der Waals surface area contributed by atoms with E-state index in [1.165, 1.54) is 0 Å². The molecular formula is C18H23ClN6O2. The van der Waals surface area contributed by atoms with E-state index in [4.69, 9.17) is 11.6 Å². The van der Waals surface area contributed by atoms with Crippen LogP contribution in [0.4, 0.5) is 16.2 Å². The van der Waals surface area contributed by atoms with Gasteiger partial charge < -0.3 is 20.4 Å². The van der Waals surface area contributed by atoms with Crippen molar-refractivity contribution in [2.45, 2.75) is 13.0 Å². The number of hydrogen-bond acceptors (Lipinski definition) is 4. The van der Waals surface area contributed by atoms with Crippen LogP contribution in [0.5, 0.6) is 0 Å². The van der Waals surface area contributed by atoms with Crippen LogP contribution in [0.1, 0.15) is 6.92 Å². The van der Waals surface area contributed by atoms with Crippen molar-refractivity contribution in [1.29, 1.82) is 0 Å². The molecule has 144 valence electrons. The number of benzene rings is 1. The summed E-state index contributed by atoms with van der Waals surface area (Å²) in [5.41, 5.74) is 1.64. The van der Waals surface area contributed by atoms with Crippen LogP contribution in [-0.2, 0) is 11.8 Å². The number of rotatable bonds is 4. The Hall–Kier alpha value is -2.74. The largest absolute Gasteiger partial charge is 0.368 e. The number of halogens is 1. The summed E-state index contributed by atoms with van der Waals surface area (Å²) in [6.45, 7) is 4.24. The van der Waals surface area contributed by atoms with Gasteiger partial charge in [0.05, 0.1) is 11.9 Å².